The maximum Gasteiger partial charge on any atom is 0.323 e. The number of carboxylic acids is 1. The van der Waals surface area contributed by atoms with E-state index in [0.29, 0.717) is 16.6 Å². The average molecular weight is 287 g/mol. The van der Waals surface area contributed by atoms with Crippen LogP contribution in [0.15, 0.2) is 0 Å². The smallest absolute Gasteiger partial charge is 0.323 e. The molecule has 0 aromatic carbocycles. The van der Waals surface area contributed by atoms with Crippen LogP contribution >= 0.6 is 11.8 Å². The Morgan fingerprint density at radius 2 is 2.32 bits per heavy atom. The number of ether oxygens (including phenoxy) is 1. The van der Waals surface area contributed by atoms with Gasteiger partial charge in [0.25, 0.3) is 0 Å². The number of carbonyl (C=O) groups is 1. The first-order chi connectivity index (χ1) is 9.07. The molecule has 1 heterocycles. The minimum absolute atomic E-state index is 0.313. The second-order valence-electron chi connectivity index (χ2n) is 5.72. The summed E-state index contributed by atoms with van der Waals surface area (Å²) in [6, 6.07) is 0. The Kier molecular flexibility index (Phi) is 5.15. The Bertz CT molecular complexity index is 326. The lowest BCUT2D eigenvalue weighted by atomic mass is 9.98. The van der Waals surface area contributed by atoms with Gasteiger partial charge in [0.2, 0.25) is 0 Å². The zero-order valence-corrected chi connectivity index (χ0v) is 12.7. The summed E-state index contributed by atoms with van der Waals surface area (Å²) in [7, 11) is 0. The van der Waals surface area contributed by atoms with Gasteiger partial charge in [0.15, 0.2) is 0 Å². The highest BCUT2D eigenvalue weighted by molar-refractivity contribution is 8.00. The van der Waals surface area contributed by atoms with Crippen LogP contribution in [0.25, 0.3) is 0 Å². The van der Waals surface area contributed by atoms with Gasteiger partial charge >= 0.3 is 5.97 Å². The molecule has 2 fully saturated rings. The third-order valence-electron chi connectivity index (χ3n) is 4.27. The summed E-state index contributed by atoms with van der Waals surface area (Å²) >= 11 is 1.95. The highest BCUT2D eigenvalue weighted by Gasteiger charge is 2.46. The molecule has 2 N–H and O–H groups in total. The third kappa shape index (κ3) is 3.44. The van der Waals surface area contributed by atoms with Crippen LogP contribution in [-0.2, 0) is 9.53 Å². The minimum Gasteiger partial charge on any atom is -0.480 e. The Morgan fingerprint density at radius 3 is 2.89 bits per heavy atom. The summed E-state index contributed by atoms with van der Waals surface area (Å²) in [5.74, 6) is -0.681. The molecule has 1 aliphatic heterocycles. The largest absolute Gasteiger partial charge is 0.480 e. The van der Waals surface area contributed by atoms with Gasteiger partial charge in [0.1, 0.15) is 5.54 Å². The van der Waals surface area contributed by atoms with Crippen molar-refractivity contribution in [2.45, 2.75) is 68.1 Å². The molecule has 0 aromatic heterocycles. The number of hydrogen-bond donors (Lipinski definition) is 2. The first-order valence-electron chi connectivity index (χ1n) is 7.33. The summed E-state index contributed by atoms with van der Waals surface area (Å²) in [5.41, 5.74) is -0.684. The molecular weight excluding hydrogens is 262 g/mol. The lowest BCUT2D eigenvalue weighted by molar-refractivity contribution is -0.144. The predicted molar refractivity (Wildman–Crippen MR) is 77.7 cm³/mol. The molecule has 0 spiro atoms. The van der Waals surface area contributed by atoms with Gasteiger partial charge in [-0.1, -0.05) is 6.92 Å². The van der Waals surface area contributed by atoms with Crippen LogP contribution in [0.2, 0.25) is 0 Å². The molecule has 4 atom stereocenters. The summed E-state index contributed by atoms with van der Waals surface area (Å²) in [6.07, 6.45) is 4.88. The Hall–Kier alpha value is -0.260. The molecule has 5 heteroatoms. The summed E-state index contributed by atoms with van der Waals surface area (Å²) in [6.45, 7) is 5.83. The van der Waals surface area contributed by atoms with Crippen LogP contribution in [0, 0.1) is 0 Å². The zero-order chi connectivity index (χ0) is 13.9. The second-order valence-corrected chi connectivity index (χ2v) is 7.26. The maximum absolute atomic E-state index is 11.6. The number of carboxylic acid groups (broad SMARTS) is 1. The van der Waals surface area contributed by atoms with Crippen LogP contribution in [0.5, 0.6) is 0 Å². The molecule has 4 nitrogen and oxygen atoms in total. The molecule has 1 aliphatic carbocycles. The van der Waals surface area contributed by atoms with E-state index in [2.05, 4.69) is 19.2 Å². The highest BCUT2D eigenvalue weighted by atomic mass is 32.2. The first-order valence-corrected chi connectivity index (χ1v) is 8.27. The molecular formula is C14H25NO3S. The maximum atomic E-state index is 11.6. The van der Waals surface area contributed by atoms with Crippen molar-refractivity contribution in [2.24, 2.45) is 0 Å². The standard InChI is InChI=1S/C14H25NO3S/c1-3-7-15-14(13(16)17)6-4-11(9-14)19-12-5-8-18-10(12)2/h10-12,15H,3-9H2,1-2H3,(H,16,17). The first kappa shape index (κ1) is 15.1. The van der Waals surface area contributed by atoms with Crippen LogP contribution < -0.4 is 5.32 Å². The normalized spacial score (nSPS) is 38.7. The monoisotopic (exact) mass is 287 g/mol. The van der Waals surface area contributed by atoms with E-state index in [9.17, 15) is 9.90 Å². The van der Waals surface area contributed by atoms with Crippen molar-refractivity contribution in [3.05, 3.63) is 0 Å². The lowest BCUT2D eigenvalue weighted by Gasteiger charge is -2.26. The van der Waals surface area contributed by atoms with E-state index in [4.69, 9.17) is 4.74 Å². The van der Waals surface area contributed by atoms with E-state index in [1.807, 2.05) is 11.8 Å². The topological polar surface area (TPSA) is 58.6 Å². The van der Waals surface area contributed by atoms with Crippen molar-refractivity contribution >= 4 is 17.7 Å². The van der Waals surface area contributed by atoms with Crippen molar-refractivity contribution in [1.29, 1.82) is 0 Å². The van der Waals surface area contributed by atoms with E-state index in [1.165, 1.54) is 0 Å². The minimum atomic E-state index is -0.684. The molecule has 0 amide bonds. The summed E-state index contributed by atoms with van der Waals surface area (Å²) in [4.78, 5) is 11.6. The van der Waals surface area contributed by atoms with E-state index in [-0.39, 0.29) is 0 Å². The fraction of sp³-hybridized carbons (Fsp3) is 0.929. The van der Waals surface area contributed by atoms with E-state index in [1.54, 1.807) is 0 Å². The molecule has 1 saturated carbocycles. The lowest BCUT2D eigenvalue weighted by Crippen LogP contribution is -2.50. The van der Waals surface area contributed by atoms with Crippen LogP contribution in [0.1, 0.15) is 46.0 Å². The third-order valence-corrected chi connectivity index (χ3v) is 6.02. The fourth-order valence-corrected chi connectivity index (χ4v) is 4.71. The molecule has 0 radical (unpaired) electrons. The van der Waals surface area contributed by atoms with Gasteiger partial charge in [-0.2, -0.15) is 11.8 Å². The van der Waals surface area contributed by atoms with Crippen LogP contribution in [0.4, 0.5) is 0 Å². The van der Waals surface area contributed by atoms with Crippen molar-refractivity contribution in [3.63, 3.8) is 0 Å². The summed E-state index contributed by atoms with van der Waals surface area (Å²) in [5, 5.41) is 13.8. The van der Waals surface area contributed by atoms with E-state index in [0.717, 1.165) is 45.3 Å². The Morgan fingerprint density at radius 1 is 1.53 bits per heavy atom. The number of thioether (sulfide) groups is 1. The van der Waals surface area contributed by atoms with Gasteiger partial charge in [-0.3, -0.25) is 4.79 Å². The van der Waals surface area contributed by atoms with Gasteiger partial charge in [-0.25, -0.2) is 0 Å². The van der Waals surface area contributed by atoms with Gasteiger partial charge < -0.3 is 15.2 Å². The molecule has 2 aliphatic rings. The molecule has 2 rings (SSSR count). The van der Waals surface area contributed by atoms with Crippen molar-refractivity contribution in [3.8, 4) is 0 Å². The molecule has 1 saturated heterocycles. The van der Waals surface area contributed by atoms with Gasteiger partial charge in [0, 0.05) is 17.1 Å². The molecule has 0 aromatic rings. The number of rotatable bonds is 6. The van der Waals surface area contributed by atoms with Crippen molar-refractivity contribution in [1.82, 2.24) is 5.32 Å². The van der Waals surface area contributed by atoms with Crippen LogP contribution in [0.3, 0.4) is 0 Å². The Balaban J connectivity index is 1.90. The second kappa shape index (κ2) is 6.46. The average Bonchev–Trinajstić information content (AvgIpc) is 2.96. The number of nitrogens with one attached hydrogen (secondary N) is 1. The van der Waals surface area contributed by atoms with Gasteiger partial charge in [-0.05, 0) is 45.6 Å². The van der Waals surface area contributed by atoms with E-state index >= 15 is 0 Å². The predicted octanol–water partition coefficient (Wildman–Crippen LogP) is 2.27. The van der Waals surface area contributed by atoms with E-state index < -0.39 is 11.5 Å². The van der Waals surface area contributed by atoms with Crippen LogP contribution in [-0.4, -0.2) is 46.4 Å². The zero-order valence-electron chi connectivity index (χ0n) is 11.9. The molecule has 19 heavy (non-hydrogen) atoms. The Labute approximate surface area is 119 Å². The quantitative estimate of drug-likeness (QED) is 0.785. The SMILES string of the molecule is CCCNC1(C(=O)O)CCC(SC2CCOC2C)C1. The van der Waals surface area contributed by atoms with Crippen molar-refractivity contribution in [2.75, 3.05) is 13.2 Å². The summed E-state index contributed by atoms with van der Waals surface area (Å²) < 4.78 is 5.59. The van der Waals surface area contributed by atoms with Crippen molar-refractivity contribution < 1.29 is 14.6 Å². The fourth-order valence-electron chi connectivity index (χ4n) is 3.05. The molecule has 4 unspecified atom stereocenters. The van der Waals surface area contributed by atoms with Gasteiger partial charge in [-0.15, -0.1) is 0 Å². The van der Waals surface area contributed by atoms with Gasteiger partial charge in [0.05, 0.1) is 6.10 Å². The molecule has 0 bridgehead atoms. The molecule has 110 valence electrons. The number of aliphatic carboxylic acids is 1. The highest BCUT2D eigenvalue weighted by Crippen LogP contribution is 2.41. The number of hydrogen-bond acceptors (Lipinski definition) is 4.